The molecule has 0 fully saturated rings. The van der Waals surface area contributed by atoms with E-state index in [9.17, 15) is 14.4 Å². The molecule has 42 heavy (non-hydrogen) atoms. The SMILES string of the molecule is CCCCN1C(=O)/C(=c2/sc3n(c2=O)[C@@H](c2c(OC)ccc4ccccc24)C(C(=O)OCC)=C(C)N=3)c2ccccc21. The normalized spacial score (nSPS) is 17.3. The van der Waals surface area contributed by atoms with Gasteiger partial charge >= 0.3 is 5.97 Å². The Kier molecular flexibility index (Phi) is 7.28. The van der Waals surface area contributed by atoms with Crippen LogP contribution in [-0.2, 0) is 14.3 Å². The molecular weight excluding hydrogens is 550 g/mol. The number of hydrogen-bond donors (Lipinski definition) is 0. The summed E-state index contributed by atoms with van der Waals surface area (Å²) in [6.07, 6.45) is 1.78. The predicted octanol–water partition coefficient (Wildman–Crippen LogP) is 4.48. The number of carbonyl (C=O) groups excluding carboxylic acids is 2. The van der Waals surface area contributed by atoms with Gasteiger partial charge in [-0.3, -0.25) is 14.2 Å². The number of anilines is 1. The largest absolute Gasteiger partial charge is 0.496 e. The van der Waals surface area contributed by atoms with Gasteiger partial charge < -0.3 is 14.4 Å². The lowest BCUT2D eigenvalue weighted by molar-refractivity contribution is -0.139. The van der Waals surface area contributed by atoms with Crippen LogP contribution >= 0.6 is 11.3 Å². The van der Waals surface area contributed by atoms with Gasteiger partial charge in [0.25, 0.3) is 11.5 Å². The maximum Gasteiger partial charge on any atom is 0.338 e. The highest BCUT2D eigenvalue weighted by molar-refractivity contribution is 7.07. The number of fused-ring (bicyclic) bond motifs is 3. The number of carbonyl (C=O) groups is 2. The van der Waals surface area contributed by atoms with Gasteiger partial charge in [-0.1, -0.05) is 73.2 Å². The fraction of sp³-hybridized carbons (Fsp3) is 0.273. The smallest absolute Gasteiger partial charge is 0.338 e. The number of rotatable bonds is 7. The van der Waals surface area contributed by atoms with E-state index in [0.717, 1.165) is 34.9 Å². The number of methoxy groups -OCH3 is 1. The van der Waals surface area contributed by atoms with Crippen molar-refractivity contribution in [2.24, 2.45) is 4.99 Å². The minimum atomic E-state index is -0.876. The summed E-state index contributed by atoms with van der Waals surface area (Å²) >= 11 is 1.17. The molecule has 0 saturated carbocycles. The number of ether oxygens (including phenoxy) is 2. The van der Waals surface area contributed by atoms with E-state index in [1.807, 2.05) is 60.7 Å². The molecule has 0 aliphatic carbocycles. The lowest BCUT2D eigenvalue weighted by atomic mass is 9.90. The molecule has 0 saturated heterocycles. The maximum absolute atomic E-state index is 14.5. The zero-order valence-corrected chi connectivity index (χ0v) is 24.8. The molecule has 1 atom stereocenters. The Morgan fingerprint density at radius 2 is 1.79 bits per heavy atom. The lowest BCUT2D eigenvalue weighted by Gasteiger charge is -2.27. The number of allylic oxidation sites excluding steroid dienone is 1. The molecule has 214 valence electrons. The number of unbranched alkanes of at least 4 members (excludes halogenated alkanes) is 1. The third-order valence-corrected chi connectivity index (χ3v) is 8.86. The van der Waals surface area contributed by atoms with Crippen molar-refractivity contribution < 1.29 is 19.1 Å². The van der Waals surface area contributed by atoms with Crippen molar-refractivity contribution in [1.29, 1.82) is 0 Å². The number of nitrogens with zero attached hydrogens (tertiary/aromatic N) is 3. The first-order chi connectivity index (χ1) is 20.4. The van der Waals surface area contributed by atoms with Crippen LogP contribution in [0.1, 0.15) is 50.8 Å². The van der Waals surface area contributed by atoms with Gasteiger partial charge in [-0.15, -0.1) is 0 Å². The molecule has 0 bridgehead atoms. The first kappa shape index (κ1) is 27.7. The zero-order valence-electron chi connectivity index (χ0n) is 24.0. The average molecular weight is 582 g/mol. The molecule has 3 aromatic carbocycles. The molecule has 8 nitrogen and oxygen atoms in total. The first-order valence-corrected chi connectivity index (χ1v) is 14.9. The van der Waals surface area contributed by atoms with Gasteiger partial charge in [-0.05, 0) is 43.2 Å². The van der Waals surface area contributed by atoms with E-state index >= 15 is 0 Å². The van der Waals surface area contributed by atoms with Crippen LogP contribution in [0.4, 0.5) is 5.69 Å². The van der Waals surface area contributed by atoms with E-state index in [0.29, 0.717) is 38.5 Å². The van der Waals surface area contributed by atoms with Crippen molar-refractivity contribution in [3.63, 3.8) is 0 Å². The van der Waals surface area contributed by atoms with Crippen LogP contribution in [0.5, 0.6) is 5.75 Å². The average Bonchev–Trinajstić information content (AvgIpc) is 3.46. The first-order valence-electron chi connectivity index (χ1n) is 14.1. The molecule has 1 aromatic heterocycles. The molecule has 2 aliphatic heterocycles. The van der Waals surface area contributed by atoms with Crippen LogP contribution < -0.4 is 24.5 Å². The van der Waals surface area contributed by atoms with Crippen molar-refractivity contribution in [2.45, 2.75) is 39.7 Å². The summed E-state index contributed by atoms with van der Waals surface area (Å²) in [5, 5.41) is 1.77. The quantitative estimate of drug-likeness (QED) is 0.301. The number of aromatic nitrogens is 1. The molecule has 0 radical (unpaired) electrons. The van der Waals surface area contributed by atoms with E-state index in [1.165, 1.54) is 15.9 Å². The Labute approximate surface area is 246 Å². The van der Waals surface area contributed by atoms with Gasteiger partial charge in [0, 0.05) is 17.7 Å². The highest BCUT2D eigenvalue weighted by Crippen LogP contribution is 2.41. The van der Waals surface area contributed by atoms with Crippen molar-refractivity contribution in [2.75, 3.05) is 25.2 Å². The summed E-state index contributed by atoms with van der Waals surface area (Å²) in [5.41, 5.74) is 2.88. The number of esters is 1. The molecule has 3 heterocycles. The fourth-order valence-corrected chi connectivity index (χ4v) is 7.03. The van der Waals surface area contributed by atoms with Gasteiger partial charge in [0.05, 0.1) is 36.2 Å². The fourth-order valence-electron chi connectivity index (χ4n) is 5.89. The van der Waals surface area contributed by atoms with Gasteiger partial charge in [0.2, 0.25) is 0 Å². The highest BCUT2D eigenvalue weighted by Gasteiger charge is 2.38. The van der Waals surface area contributed by atoms with E-state index in [2.05, 4.69) is 6.92 Å². The van der Waals surface area contributed by atoms with Crippen molar-refractivity contribution >= 4 is 45.2 Å². The van der Waals surface area contributed by atoms with Crippen LogP contribution in [0.15, 0.2) is 81.7 Å². The Morgan fingerprint density at radius 3 is 2.55 bits per heavy atom. The van der Waals surface area contributed by atoms with Crippen LogP contribution in [-0.4, -0.2) is 36.7 Å². The molecule has 0 spiro atoms. The minimum Gasteiger partial charge on any atom is -0.496 e. The van der Waals surface area contributed by atoms with Crippen LogP contribution in [0.25, 0.3) is 16.3 Å². The van der Waals surface area contributed by atoms with Crippen molar-refractivity contribution in [1.82, 2.24) is 4.57 Å². The number of amides is 1. The van der Waals surface area contributed by atoms with Crippen molar-refractivity contribution in [3.8, 4) is 5.75 Å². The second kappa shape index (κ2) is 11.1. The topological polar surface area (TPSA) is 90.2 Å². The second-order valence-electron chi connectivity index (χ2n) is 10.2. The molecular formula is C33H31N3O5S. The summed E-state index contributed by atoms with van der Waals surface area (Å²) in [6.45, 7) is 6.31. The summed E-state index contributed by atoms with van der Waals surface area (Å²) < 4.78 is 13.1. The van der Waals surface area contributed by atoms with E-state index in [1.54, 1.807) is 25.9 Å². The Hall–Kier alpha value is -4.50. The van der Waals surface area contributed by atoms with Gasteiger partial charge in [0.15, 0.2) is 4.80 Å². The molecule has 9 heteroatoms. The Morgan fingerprint density at radius 1 is 1.02 bits per heavy atom. The highest BCUT2D eigenvalue weighted by atomic mass is 32.1. The molecule has 0 N–H and O–H groups in total. The monoisotopic (exact) mass is 581 g/mol. The van der Waals surface area contributed by atoms with E-state index in [4.69, 9.17) is 14.5 Å². The number of benzene rings is 3. The standard InChI is InChI=1S/C33H31N3O5S/c1-5-7-18-35-23-15-11-10-14-22(23)27(30(35)37)29-31(38)36-28(25(32(39)41-6-2)19(3)34-33(36)42-29)26-21-13-9-8-12-20(21)16-17-24(26)40-4/h8-17,28H,5-7,18H2,1-4H3/b29-27+/t28-/m1/s1. The second-order valence-corrected chi connectivity index (χ2v) is 11.2. The predicted molar refractivity (Wildman–Crippen MR) is 164 cm³/mol. The van der Waals surface area contributed by atoms with Gasteiger partial charge in [-0.25, -0.2) is 9.79 Å². The van der Waals surface area contributed by atoms with Crippen molar-refractivity contribution in [3.05, 3.63) is 103 Å². The summed E-state index contributed by atoms with van der Waals surface area (Å²) in [7, 11) is 1.57. The Balaban J connectivity index is 1.69. The number of thiazole rings is 1. The summed E-state index contributed by atoms with van der Waals surface area (Å²) in [4.78, 5) is 48.8. The van der Waals surface area contributed by atoms with Crippen LogP contribution in [0, 0.1) is 0 Å². The maximum atomic E-state index is 14.5. The van der Waals surface area contributed by atoms with Gasteiger partial charge in [0.1, 0.15) is 16.3 Å². The third-order valence-electron chi connectivity index (χ3n) is 7.80. The molecule has 6 rings (SSSR count). The molecule has 0 unspecified atom stereocenters. The molecule has 1 amide bonds. The van der Waals surface area contributed by atoms with E-state index < -0.39 is 12.0 Å². The van der Waals surface area contributed by atoms with Crippen LogP contribution in [0.2, 0.25) is 0 Å². The number of para-hydroxylation sites is 1. The molecule has 2 aliphatic rings. The minimum absolute atomic E-state index is 0.169. The Bertz CT molecular complexity index is 1970. The number of hydrogen-bond acceptors (Lipinski definition) is 7. The third kappa shape index (κ3) is 4.27. The zero-order chi connectivity index (χ0) is 29.5. The van der Waals surface area contributed by atoms with Crippen LogP contribution in [0.3, 0.4) is 0 Å². The summed E-state index contributed by atoms with van der Waals surface area (Å²) in [6, 6.07) is 18.3. The van der Waals surface area contributed by atoms with Gasteiger partial charge in [-0.2, -0.15) is 0 Å². The lowest BCUT2D eigenvalue weighted by Crippen LogP contribution is -2.41. The van der Waals surface area contributed by atoms with E-state index in [-0.39, 0.29) is 23.6 Å². The summed E-state index contributed by atoms with van der Waals surface area (Å²) in [5.74, 6) is -0.221. The molecule has 4 aromatic rings.